The number of nitrogen functional groups attached to an aromatic ring is 1. The fraction of sp³-hybridized carbons (Fsp3) is 0.273. The molecule has 2 aromatic rings. The van der Waals surface area contributed by atoms with E-state index < -0.39 is 24.0 Å². The van der Waals surface area contributed by atoms with Crippen LogP contribution in [-0.2, 0) is 6.18 Å². The standard InChI is InChI=1S/C11H10F5N5/c1-5-8(4-21(20-5)10(12)13)19-9-2-7(17)6(3-18-9)11(14,15)16/h2-4,10H,1H3,(H3,17,18,19). The molecule has 10 heteroatoms. The zero-order chi connectivity index (χ0) is 15.8. The van der Waals surface area contributed by atoms with Crippen molar-refractivity contribution in [2.24, 2.45) is 0 Å². The molecule has 0 amide bonds. The monoisotopic (exact) mass is 307 g/mol. The first-order valence-corrected chi connectivity index (χ1v) is 5.62. The third-order valence-corrected chi connectivity index (χ3v) is 2.62. The highest BCUT2D eigenvalue weighted by molar-refractivity contribution is 5.63. The highest BCUT2D eigenvalue weighted by Crippen LogP contribution is 2.34. The van der Waals surface area contributed by atoms with Crippen LogP contribution in [0.3, 0.4) is 0 Å². The summed E-state index contributed by atoms with van der Waals surface area (Å²) in [6.45, 7) is -1.35. The average molecular weight is 307 g/mol. The van der Waals surface area contributed by atoms with Gasteiger partial charge in [-0.15, -0.1) is 0 Å². The van der Waals surface area contributed by atoms with E-state index in [1.807, 2.05) is 0 Å². The largest absolute Gasteiger partial charge is 0.419 e. The third kappa shape index (κ3) is 3.20. The summed E-state index contributed by atoms with van der Waals surface area (Å²) >= 11 is 0. The molecule has 2 rings (SSSR count). The molecule has 0 aliphatic heterocycles. The Bertz CT molecular complexity index is 649. The molecule has 0 aliphatic rings. The Labute approximate surface area is 115 Å². The molecule has 0 fully saturated rings. The molecule has 0 unspecified atom stereocenters. The molecular formula is C11H10F5N5. The summed E-state index contributed by atoms with van der Waals surface area (Å²) in [5, 5.41) is 6.14. The van der Waals surface area contributed by atoms with Crippen LogP contribution in [0.1, 0.15) is 17.8 Å². The highest BCUT2D eigenvalue weighted by atomic mass is 19.4. The topological polar surface area (TPSA) is 68.8 Å². The fourth-order valence-electron chi connectivity index (χ4n) is 1.62. The van der Waals surface area contributed by atoms with Crippen LogP contribution < -0.4 is 11.1 Å². The molecule has 5 nitrogen and oxygen atoms in total. The van der Waals surface area contributed by atoms with Crippen molar-refractivity contribution < 1.29 is 22.0 Å². The Kier molecular flexibility index (Phi) is 3.71. The lowest BCUT2D eigenvalue weighted by atomic mass is 10.2. The van der Waals surface area contributed by atoms with Gasteiger partial charge in [-0.3, -0.25) is 0 Å². The van der Waals surface area contributed by atoms with Crippen LogP contribution in [0, 0.1) is 6.92 Å². The molecule has 0 saturated carbocycles. The molecular weight excluding hydrogens is 297 g/mol. The second-order valence-corrected chi connectivity index (χ2v) is 4.17. The summed E-state index contributed by atoms with van der Waals surface area (Å²) in [7, 11) is 0. The van der Waals surface area contributed by atoms with E-state index in [0.717, 1.165) is 12.3 Å². The van der Waals surface area contributed by atoms with Crippen LogP contribution in [0.4, 0.5) is 39.1 Å². The Morgan fingerprint density at radius 2 is 2.00 bits per heavy atom. The van der Waals surface area contributed by atoms with Gasteiger partial charge in [-0.25, -0.2) is 9.67 Å². The first kappa shape index (κ1) is 15.0. The molecule has 3 N–H and O–H groups in total. The van der Waals surface area contributed by atoms with Gasteiger partial charge in [0.2, 0.25) is 0 Å². The van der Waals surface area contributed by atoms with Gasteiger partial charge in [0.05, 0.1) is 23.1 Å². The zero-order valence-corrected chi connectivity index (χ0v) is 10.6. The van der Waals surface area contributed by atoms with Gasteiger partial charge in [0.1, 0.15) is 5.82 Å². The van der Waals surface area contributed by atoms with E-state index in [0.29, 0.717) is 10.9 Å². The van der Waals surface area contributed by atoms with Crippen LogP contribution in [0.25, 0.3) is 0 Å². The van der Waals surface area contributed by atoms with Crippen molar-refractivity contribution >= 4 is 17.2 Å². The van der Waals surface area contributed by atoms with Crippen LogP contribution in [0.15, 0.2) is 18.5 Å². The van der Waals surface area contributed by atoms with E-state index in [2.05, 4.69) is 15.4 Å². The van der Waals surface area contributed by atoms with E-state index in [-0.39, 0.29) is 17.2 Å². The van der Waals surface area contributed by atoms with Crippen molar-refractivity contribution in [1.82, 2.24) is 14.8 Å². The molecule has 114 valence electrons. The molecule has 0 atom stereocenters. The first-order valence-electron chi connectivity index (χ1n) is 5.62. The van der Waals surface area contributed by atoms with Gasteiger partial charge in [0.25, 0.3) is 0 Å². The molecule has 2 heterocycles. The average Bonchev–Trinajstić information content (AvgIpc) is 2.69. The third-order valence-electron chi connectivity index (χ3n) is 2.62. The van der Waals surface area contributed by atoms with E-state index in [1.54, 1.807) is 0 Å². The van der Waals surface area contributed by atoms with Crippen LogP contribution in [-0.4, -0.2) is 14.8 Å². The van der Waals surface area contributed by atoms with E-state index >= 15 is 0 Å². The zero-order valence-electron chi connectivity index (χ0n) is 10.6. The number of nitrogens with two attached hydrogens (primary N) is 1. The minimum absolute atomic E-state index is 0.00239. The molecule has 21 heavy (non-hydrogen) atoms. The fourth-order valence-corrected chi connectivity index (χ4v) is 1.62. The summed E-state index contributed by atoms with van der Waals surface area (Å²) in [4.78, 5) is 3.56. The Hall–Kier alpha value is -2.39. The maximum atomic E-state index is 12.5. The second kappa shape index (κ2) is 5.19. The number of aromatic nitrogens is 3. The smallest absolute Gasteiger partial charge is 0.398 e. The molecule has 0 aliphatic carbocycles. The molecule has 0 aromatic carbocycles. The summed E-state index contributed by atoms with van der Waals surface area (Å²) < 4.78 is 62.9. The Morgan fingerprint density at radius 3 is 2.48 bits per heavy atom. The van der Waals surface area contributed by atoms with Crippen molar-refractivity contribution in [3.8, 4) is 0 Å². The highest BCUT2D eigenvalue weighted by Gasteiger charge is 2.33. The van der Waals surface area contributed by atoms with E-state index in [9.17, 15) is 22.0 Å². The predicted octanol–water partition coefficient (Wildman–Crippen LogP) is 3.33. The summed E-state index contributed by atoms with van der Waals surface area (Å²) in [6, 6.07) is 0.974. The van der Waals surface area contributed by atoms with Crippen molar-refractivity contribution in [3.05, 3.63) is 29.7 Å². The minimum atomic E-state index is -4.61. The minimum Gasteiger partial charge on any atom is -0.398 e. The maximum Gasteiger partial charge on any atom is 0.419 e. The van der Waals surface area contributed by atoms with Crippen molar-refractivity contribution in [3.63, 3.8) is 0 Å². The van der Waals surface area contributed by atoms with E-state index in [1.165, 1.54) is 6.92 Å². The second-order valence-electron chi connectivity index (χ2n) is 4.17. The first-order chi connectivity index (χ1) is 9.68. The van der Waals surface area contributed by atoms with Gasteiger partial charge < -0.3 is 11.1 Å². The molecule has 0 radical (unpaired) electrons. The van der Waals surface area contributed by atoms with Crippen LogP contribution in [0.5, 0.6) is 0 Å². The number of aryl methyl sites for hydroxylation is 1. The lowest BCUT2D eigenvalue weighted by molar-refractivity contribution is -0.137. The number of nitrogens with zero attached hydrogens (tertiary/aromatic N) is 3. The van der Waals surface area contributed by atoms with Gasteiger partial charge in [0.15, 0.2) is 0 Å². The number of hydrogen-bond acceptors (Lipinski definition) is 4. The SMILES string of the molecule is Cc1nn(C(F)F)cc1Nc1cc(N)c(C(F)(F)F)cn1. The number of anilines is 3. The van der Waals surface area contributed by atoms with Crippen molar-refractivity contribution in [1.29, 1.82) is 0 Å². The number of pyridine rings is 1. The number of hydrogen-bond donors (Lipinski definition) is 2. The molecule has 0 bridgehead atoms. The van der Waals surface area contributed by atoms with Crippen LogP contribution in [0.2, 0.25) is 0 Å². The normalized spacial score (nSPS) is 12.0. The number of halogens is 5. The molecule has 0 saturated heterocycles. The predicted molar refractivity (Wildman–Crippen MR) is 65.2 cm³/mol. The van der Waals surface area contributed by atoms with Crippen molar-refractivity contribution in [2.75, 3.05) is 11.1 Å². The molecule has 2 aromatic heterocycles. The number of nitrogens with one attached hydrogen (secondary N) is 1. The summed E-state index contributed by atoms with van der Waals surface area (Å²) in [5.74, 6) is -0.00239. The lowest BCUT2D eigenvalue weighted by Crippen LogP contribution is -2.10. The number of rotatable bonds is 3. The lowest BCUT2D eigenvalue weighted by Gasteiger charge is -2.11. The van der Waals surface area contributed by atoms with Gasteiger partial charge in [-0.05, 0) is 6.92 Å². The molecule has 0 spiro atoms. The van der Waals surface area contributed by atoms with Gasteiger partial charge in [0, 0.05) is 18.0 Å². The van der Waals surface area contributed by atoms with Crippen molar-refractivity contribution in [2.45, 2.75) is 19.6 Å². The van der Waals surface area contributed by atoms with Gasteiger partial charge in [-0.2, -0.15) is 27.1 Å². The number of alkyl halides is 5. The van der Waals surface area contributed by atoms with Gasteiger partial charge in [-0.1, -0.05) is 0 Å². The maximum absolute atomic E-state index is 12.5. The Balaban J connectivity index is 2.27. The van der Waals surface area contributed by atoms with Gasteiger partial charge >= 0.3 is 12.7 Å². The summed E-state index contributed by atoms with van der Waals surface area (Å²) in [5.41, 5.74) is 4.18. The van der Waals surface area contributed by atoms with Crippen LogP contribution >= 0.6 is 0 Å². The Morgan fingerprint density at radius 1 is 1.33 bits per heavy atom. The van der Waals surface area contributed by atoms with E-state index in [4.69, 9.17) is 5.73 Å². The quantitative estimate of drug-likeness (QED) is 0.854. The summed E-state index contributed by atoms with van der Waals surface area (Å²) in [6.07, 6.45) is -3.01.